The van der Waals surface area contributed by atoms with E-state index >= 15 is 0 Å². The van der Waals surface area contributed by atoms with E-state index < -0.39 is 0 Å². The van der Waals surface area contributed by atoms with E-state index in [0.717, 1.165) is 0 Å². The van der Waals surface area contributed by atoms with Crippen molar-refractivity contribution in [1.82, 2.24) is 9.55 Å². The molecule has 2 nitrogen and oxygen atoms in total. The molecule has 0 radical (unpaired) electrons. The average molecular weight is 157 g/mol. The van der Waals surface area contributed by atoms with Crippen molar-refractivity contribution in [2.24, 2.45) is 0 Å². The monoisotopic (exact) mass is 156 g/mol. The molecule has 1 heterocycles. The van der Waals surface area contributed by atoms with Gasteiger partial charge in [0, 0.05) is 18.6 Å². The molecule has 0 bridgehead atoms. The second-order valence-electron chi connectivity index (χ2n) is 1.19. The van der Waals surface area contributed by atoms with Crippen molar-refractivity contribution < 1.29 is 2.85 Å². The van der Waals surface area contributed by atoms with Crippen molar-refractivity contribution in [2.45, 2.75) is 0 Å². The van der Waals surface area contributed by atoms with E-state index in [1.165, 1.54) is 0 Å². The number of aromatic nitrogens is 2. The molecule has 4 heteroatoms. The quantitative estimate of drug-likeness (QED) is 0.560. The summed E-state index contributed by atoms with van der Waals surface area (Å²) in [5, 5.41) is 0. The fraction of sp³-hybridized carbons (Fsp3) is 0. The third kappa shape index (κ3) is 3.56. The summed E-state index contributed by atoms with van der Waals surface area (Å²) in [7, 11) is 0. The number of hydrogen-bond acceptors (Lipinski definition) is 1. The van der Waals surface area contributed by atoms with E-state index in [9.17, 15) is 0 Å². The zero-order valence-electron chi connectivity index (χ0n) is 7.03. The predicted molar refractivity (Wildman–Crippen MR) is 43.8 cm³/mol. The predicted octanol–water partition coefficient (Wildman–Crippen LogP) is 1.25. The van der Waals surface area contributed by atoms with Gasteiger partial charge >= 0.3 is 23.1 Å². The molecule has 1 aromatic heterocycles. The topological polar surface area (TPSA) is 17.8 Å². The van der Waals surface area contributed by atoms with Crippen LogP contribution in [0.15, 0.2) is 25.3 Å². The maximum Gasteiger partial charge on any atom is 2.00 e. The van der Waals surface area contributed by atoms with Gasteiger partial charge in [0.25, 0.3) is 0 Å². The Morgan fingerprint density at radius 3 is 2.56 bits per heavy atom. The van der Waals surface area contributed by atoms with Crippen LogP contribution in [0.2, 0.25) is 0 Å². The Bertz CT molecular complexity index is 158. The van der Waals surface area contributed by atoms with E-state index in [-0.39, 0.29) is 38.3 Å². The molecule has 0 unspecified atom stereocenters. The summed E-state index contributed by atoms with van der Waals surface area (Å²) in [5.41, 5.74) is 0. The molecule has 0 amide bonds. The standard InChI is InChI=1S/C5H6N2.ClH.Mg.2H/c1-2-7-4-3-6-5-7;;;;/h2-5H,1H2;1H;;;/q;;+2;2*-1. The van der Waals surface area contributed by atoms with Gasteiger partial charge in [-0.05, 0) is 0 Å². The van der Waals surface area contributed by atoms with Gasteiger partial charge in [0.2, 0.25) is 0 Å². The van der Waals surface area contributed by atoms with E-state index in [4.69, 9.17) is 0 Å². The summed E-state index contributed by atoms with van der Waals surface area (Å²) in [4.78, 5) is 3.78. The van der Waals surface area contributed by atoms with Gasteiger partial charge < -0.3 is 7.42 Å². The second kappa shape index (κ2) is 6.13. The SMILES string of the molecule is C=Cn1ccnc1.Cl.[H-].[H-].[Mg+2]. The van der Waals surface area contributed by atoms with Gasteiger partial charge in [-0.3, -0.25) is 0 Å². The Labute approximate surface area is 79.5 Å². The van der Waals surface area contributed by atoms with Crippen LogP contribution < -0.4 is 0 Å². The van der Waals surface area contributed by atoms with Crippen molar-refractivity contribution >= 4 is 41.7 Å². The minimum atomic E-state index is 0. The first-order chi connectivity index (χ1) is 3.43. The fourth-order valence-electron chi connectivity index (χ4n) is 0.377. The van der Waals surface area contributed by atoms with Crippen molar-refractivity contribution in [3.63, 3.8) is 0 Å². The second-order valence-corrected chi connectivity index (χ2v) is 1.19. The third-order valence-electron chi connectivity index (χ3n) is 0.736. The largest absolute Gasteiger partial charge is 2.00 e. The van der Waals surface area contributed by atoms with Gasteiger partial charge in [-0.2, -0.15) is 0 Å². The molecule has 48 valence electrons. The van der Waals surface area contributed by atoms with Gasteiger partial charge in [0.05, 0.1) is 6.33 Å². The summed E-state index contributed by atoms with van der Waals surface area (Å²) in [6.07, 6.45) is 6.91. The van der Waals surface area contributed by atoms with Crippen molar-refractivity contribution in [2.75, 3.05) is 0 Å². The maximum absolute atomic E-state index is 3.78. The first-order valence-electron chi connectivity index (χ1n) is 2.03. The van der Waals surface area contributed by atoms with E-state index in [1.807, 2.05) is 6.20 Å². The van der Waals surface area contributed by atoms with Gasteiger partial charge in [-0.25, -0.2) is 4.98 Å². The Morgan fingerprint density at radius 2 is 2.33 bits per heavy atom. The van der Waals surface area contributed by atoms with Crippen LogP contribution in [0, 0.1) is 0 Å². The molecule has 0 saturated heterocycles. The van der Waals surface area contributed by atoms with Crippen LogP contribution in [0.5, 0.6) is 0 Å². The summed E-state index contributed by atoms with van der Waals surface area (Å²) in [5.74, 6) is 0. The summed E-state index contributed by atoms with van der Waals surface area (Å²) < 4.78 is 1.78. The minimum absolute atomic E-state index is 0. The number of nitrogens with zero attached hydrogens (tertiary/aromatic N) is 2. The van der Waals surface area contributed by atoms with Crippen LogP contribution in [0.4, 0.5) is 0 Å². The van der Waals surface area contributed by atoms with Crippen LogP contribution in [0.25, 0.3) is 6.20 Å². The molecule has 0 aliphatic heterocycles. The number of hydrogen-bond donors (Lipinski definition) is 0. The summed E-state index contributed by atoms with van der Waals surface area (Å²) in [6.45, 7) is 3.53. The molecule has 0 spiro atoms. The molecule has 9 heavy (non-hydrogen) atoms. The molecule has 0 fully saturated rings. The molecule has 1 aromatic rings. The molecule has 0 aliphatic carbocycles. The van der Waals surface area contributed by atoms with Crippen molar-refractivity contribution in [1.29, 1.82) is 0 Å². The van der Waals surface area contributed by atoms with E-state index in [2.05, 4.69) is 11.6 Å². The van der Waals surface area contributed by atoms with Crippen LogP contribution in [-0.2, 0) is 0 Å². The van der Waals surface area contributed by atoms with Gasteiger partial charge in [-0.15, -0.1) is 12.4 Å². The van der Waals surface area contributed by atoms with E-state index in [0.29, 0.717) is 0 Å². The van der Waals surface area contributed by atoms with Gasteiger partial charge in [-0.1, -0.05) is 6.58 Å². The van der Waals surface area contributed by atoms with Crippen molar-refractivity contribution in [3.8, 4) is 0 Å². The number of rotatable bonds is 1. The van der Waals surface area contributed by atoms with Crippen LogP contribution in [0.1, 0.15) is 2.85 Å². The van der Waals surface area contributed by atoms with Gasteiger partial charge in [0.1, 0.15) is 0 Å². The molecule has 0 saturated carbocycles. The minimum Gasteiger partial charge on any atom is -1.00 e. The van der Waals surface area contributed by atoms with Crippen molar-refractivity contribution in [3.05, 3.63) is 25.3 Å². The summed E-state index contributed by atoms with van der Waals surface area (Å²) in [6, 6.07) is 0. The molecule has 0 aliphatic rings. The smallest absolute Gasteiger partial charge is 1.00 e. The summed E-state index contributed by atoms with van der Waals surface area (Å²) >= 11 is 0. The Hall–Kier alpha value is 0.00623. The number of imidazole rings is 1. The first-order valence-corrected chi connectivity index (χ1v) is 2.03. The average Bonchev–Trinajstić information content (AvgIpc) is 2.14. The molecule has 0 atom stereocenters. The normalized spacial score (nSPS) is 6.67. The zero-order chi connectivity index (χ0) is 5.11. The molecule has 1 rings (SSSR count). The third-order valence-corrected chi connectivity index (χ3v) is 0.736. The molecule has 0 aromatic carbocycles. The molecular formula is C5H9ClMgN2. The Morgan fingerprint density at radius 1 is 1.67 bits per heavy atom. The first kappa shape index (κ1) is 11.8. The maximum atomic E-state index is 3.78. The van der Waals surface area contributed by atoms with Gasteiger partial charge in [0.15, 0.2) is 0 Å². The van der Waals surface area contributed by atoms with E-state index in [1.54, 1.807) is 23.3 Å². The van der Waals surface area contributed by atoms with Crippen LogP contribution in [-0.4, -0.2) is 32.6 Å². The Kier molecular flexibility index (Phi) is 8.01. The molecule has 0 N–H and O–H groups in total. The van der Waals surface area contributed by atoms with Crippen LogP contribution >= 0.6 is 12.4 Å². The fourth-order valence-corrected chi connectivity index (χ4v) is 0.377. The zero-order valence-corrected chi connectivity index (χ0v) is 7.26. The number of halogens is 1. The van der Waals surface area contributed by atoms with Crippen LogP contribution in [0.3, 0.4) is 0 Å². The molecular weight excluding hydrogens is 148 g/mol. The Balaban J connectivity index is -0.0000000612.